The van der Waals surface area contributed by atoms with Crippen LogP contribution in [0.25, 0.3) is 0 Å². The number of carbonyl (C=O) groups is 1. The van der Waals surface area contributed by atoms with Gasteiger partial charge in [-0.2, -0.15) is 0 Å². The number of rotatable bonds is 4. The van der Waals surface area contributed by atoms with E-state index in [0.717, 1.165) is 30.7 Å². The van der Waals surface area contributed by atoms with Crippen molar-refractivity contribution in [3.63, 3.8) is 0 Å². The molecule has 4 fully saturated rings. The molecule has 1 aromatic rings. The normalized spacial score (nSPS) is 38.3. The van der Waals surface area contributed by atoms with Crippen molar-refractivity contribution in [2.75, 3.05) is 0 Å². The summed E-state index contributed by atoms with van der Waals surface area (Å²) in [6.45, 7) is 0.812. The molecule has 0 spiro atoms. The van der Waals surface area contributed by atoms with E-state index in [-0.39, 0.29) is 5.69 Å². The first-order chi connectivity index (χ1) is 9.62. The molecule has 0 saturated heterocycles. The molecule has 0 unspecified atom stereocenters. The van der Waals surface area contributed by atoms with Crippen molar-refractivity contribution in [2.24, 2.45) is 23.2 Å². The third-order valence-electron chi connectivity index (χ3n) is 5.79. The molecule has 1 N–H and O–H groups in total. The predicted molar refractivity (Wildman–Crippen MR) is 72.2 cm³/mol. The van der Waals surface area contributed by atoms with Gasteiger partial charge in [0.1, 0.15) is 0 Å². The number of aromatic carboxylic acids is 1. The van der Waals surface area contributed by atoms with Gasteiger partial charge in [0, 0.05) is 6.54 Å². The Balaban J connectivity index is 1.45. The number of carboxylic acids is 1. The van der Waals surface area contributed by atoms with E-state index < -0.39 is 5.97 Å². The summed E-state index contributed by atoms with van der Waals surface area (Å²) in [7, 11) is 0. The zero-order valence-electron chi connectivity index (χ0n) is 11.7. The van der Waals surface area contributed by atoms with Gasteiger partial charge in [-0.1, -0.05) is 5.21 Å². The second kappa shape index (κ2) is 4.30. The summed E-state index contributed by atoms with van der Waals surface area (Å²) in [5, 5.41) is 16.5. The Morgan fingerprint density at radius 2 is 1.85 bits per heavy atom. The van der Waals surface area contributed by atoms with Crippen molar-refractivity contribution in [1.82, 2.24) is 15.0 Å². The van der Waals surface area contributed by atoms with E-state index in [0.29, 0.717) is 5.41 Å². The molecule has 0 radical (unpaired) electrons. The Hall–Kier alpha value is -1.39. The second-order valence-electron chi connectivity index (χ2n) is 7.34. The molecular weight excluding hydrogens is 254 g/mol. The molecule has 4 aliphatic rings. The molecule has 5 rings (SSSR count). The van der Waals surface area contributed by atoms with E-state index in [1.165, 1.54) is 38.5 Å². The lowest BCUT2D eigenvalue weighted by atomic mass is 9.49. The minimum atomic E-state index is -0.994. The molecule has 20 heavy (non-hydrogen) atoms. The number of aromatic nitrogens is 3. The van der Waals surface area contributed by atoms with Crippen LogP contribution in [0.4, 0.5) is 0 Å². The summed E-state index contributed by atoms with van der Waals surface area (Å²) in [4.78, 5) is 10.8. The number of nitrogens with zero attached hydrogens (tertiary/aromatic N) is 3. The molecule has 1 heterocycles. The number of hydrogen-bond donors (Lipinski definition) is 1. The van der Waals surface area contributed by atoms with Crippen LogP contribution in [-0.2, 0) is 6.54 Å². The lowest BCUT2D eigenvalue weighted by Gasteiger charge is -2.57. The van der Waals surface area contributed by atoms with Gasteiger partial charge in [0.25, 0.3) is 0 Å². The molecule has 5 heteroatoms. The molecule has 0 aliphatic heterocycles. The summed E-state index contributed by atoms with van der Waals surface area (Å²) < 4.78 is 1.71. The highest BCUT2D eigenvalue weighted by Gasteiger charge is 2.50. The third-order valence-corrected chi connectivity index (χ3v) is 5.79. The van der Waals surface area contributed by atoms with Gasteiger partial charge in [-0.15, -0.1) is 5.10 Å². The van der Waals surface area contributed by atoms with Gasteiger partial charge in [0.2, 0.25) is 0 Å². The van der Waals surface area contributed by atoms with Crippen LogP contribution in [0.15, 0.2) is 6.20 Å². The number of aryl methyl sites for hydroxylation is 1. The standard InChI is InChI=1S/C15H21N3O2/c19-14(20)13-9-18(17-16-13)2-1-15-6-10-3-11(7-15)5-12(4-10)8-15/h9-12H,1-8H2,(H,19,20). The predicted octanol–water partition coefficient (Wildman–Crippen LogP) is 2.58. The van der Waals surface area contributed by atoms with Crippen LogP contribution in [0.5, 0.6) is 0 Å². The van der Waals surface area contributed by atoms with Crippen LogP contribution in [0.2, 0.25) is 0 Å². The van der Waals surface area contributed by atoms with Crippen molar-refractivity contribution in [3.8, 4) is 0 Å². The largest absolute Gasteiger partial charge is 0.476 e. The van der Waals surface area contributed by atoms with Gasteiger partial charge in [-0.05, 0) is 68.1 Å². The van der Waals surface area contributed by atoms with Crippen LogP contribution >= 0.6 is 0 Å². The van der Waals surface area contributed by atoms with Crippen molar-refractivity contribution in [2.45, 2.75) is 51.5 Å². The van der Waals surface area contributed by atoms with Crippen LogP contribution in [0.1, 0.15) is 55.4 Å². The zero-order valence-corrected chi connectivity index (χ0v) is 11.7. The van der Waals surface area contributed by atoms with Gasteiger partial charge in [-0.25, -0.2) is 4.79 Å². The van der Waals surface area contributed by atoms with Gasteiger partial charge in [-0.3, -0.25) is 4.68 Å². The maximum absolute atomic E-state index is 10.8. The minimum Gasteiger partial charge on any atom is -0.476 e. The van der Waals surface area contributed by atoms with Gasteiger partial charge < -0.3 is 5.11 Å². The summed E-state index contributed by atoms with van der Waals surface area (Å²) in [5.74, 6) is 1.90. The Morgan fingerprint density at radius 3 is 2.35 bits per heavy atom. The van der Waals surface area contributed by atoms with Crippen LogP contribution in [0.3, 0.4) is 0 Å². The molecule has 0 atom stereocenters. The maximum atomic E-state index is 10.8. The Kier molecular flexibility index (Phi) is 2.66. The summed E-state index contributed by atoms with van der Waals surface area (Å²) in [5.41, 5.74) is 0.569. The monoisotopic (exact) mass is 275 g/mol. The van der Waals surface area contributed by atoms with E-state index in [9.17, 15) is 4.79 Å². The Morgan fingerprint density at radius 1 is 1.25 bits per heavy atom. The molecule has 5 nitrogen and oxygen atoms in total. The fourth-order valence-electron chi connectivity index (χ4n) is 5.45. The fraction of sp³-hybridized carbons (Fsp3) is 0.800. The topological polar surface area (TPSA) is 68.0 Å². The van der Waals surface area contributed by atoms with Crippen molar-refractivity contribution >= 4 is 5.97 Å². The maximum Gasteiger partial charge on any atom is 0.358 e. The van der Waals surface area contributed by atoms with Gasteiger partial charge >= 0.3 is 5.97 Å². The highest BCUT2D eigenvalue weighted by Crippen LogP contribution is 2.61. The average Bonchev–Trinajstić information content (AvgIpc) is 2.84. The van der Waals surface area contributed by atoms with Gasteiger partial charge in [0.05, 0.1) is 6.20 Å². The molecule has 0 aromatic carbocycles. The van der Waals surface area contributed by atoms with Gasteiger partial charge in [0.15, 0.2) is 5.69 Å². The zero-order chi connectivity index (χ0) is 13.7. The first-order valence-electron chi connectivity index (χ1n) is 7.75. The Bertz CT molecular complexity index is 502. The molecule has 4 bridgehead atoms. The third kappa shape index (κ3) is 2.03. The van der Waals surface area contributed by atoms with E-state index in [2.05, 4.69) is 10.3 Å². The molecule has 4 aliphatic carbocycles. The van der Waals surface area contributed by atoms with Crippen molar-refractivity contribution < 1.29 is 9.90 Å². The molecular formula is C15H21N3O2. The highest BCUT2D eigenvalue weighted by molar-refractivity contribution is 5.84. The van der Waals surface area contributed by atoms with Crippen LogP contribution in [-0.4, -0.2) is 26.1 Å². The number of hydrogen-bond acceptors (Lipinski definition) is 3. The SMILES string of the molecule is O=C(O)c1cn(CCC23CC4CC(CC(C4)C2)C3)nn1. The fourth-order valence-corrected chi connectivity index (χ4v) is 5.45. The summed E-state index contributed by atoms with van der Waals surface area (Å²) in [6.07, 6.45) is 11.3. The minimum absolute atomic E-state index is 0.0514. The molecule has 0 amide bonds. The van der Waals surface area contributed by atoms with E-state index in [1.807, 2.05) is 0 Å². The molecule has 108 valence electrons. The highest BCUT2D eigenvalue weighted by atomic mass is 16.4. The van der Waals surface area contributed by atoms with E-state index in [1.54, 1.807) is 10.9 Å². The Labute approximate surface area is 118 Å². The lowest BCUT2D eigenvalue weighted by molar-refractivity contribution is -0.0596. The van der Waals surface area contributed by atoms with Crippen LogP contribution in [0, 0.1) is 23.2 Å². The lowest BCUT2D eigenvalue weighted by Crippen LogP contribution is -2.46. The van der Waals surface area contributed by atoms with Crippen molar-refractivity contribution in [3.05, 3.63) is 11.9 Å². The summed E-state index contributed by atoms with van der Waals surface area (Å²) in [6, 6.07) is 0. The molecule has 4 saturated carbocycles. The second-order valence-corrected chi connectivity index (χ2v) is 7.34. The average molecular weight is 275 g/mol. The van der Waals surface area contributed by atoms with E-state index in [4.69, 9.17) is 5.11 Å². The number of carboxylic acid groups (broad SMARTS) is 1. The van der Waals surface area contributed by atoms with Crippen molar-refractivity contribution in [1.29, 1.82) is 0 Å². The van der Waals surface area contributed by atoms with E-state index >= 15 is 0 Å². The molecule has 1 aromatic heterocycles. The smallest absolute Gasteiger partial charge is 0.358 e. The van der Waals surface area contributed by atoms with Crippen LogP contribution < -0.4 is 0 Å². The quantitative estimate of drug-likeness (QED) is 0.917. The first-order valence-corrected chi connectivity index (χ1v) is 7.75. The summed E-state index contributed by atoms with van der Waals surface area (Å²) >= 11 is 0. The first kappa shape index (κ1) is 12.4.